The molecule has 35 heavy (non-hydrogen) atoms. The van der Waals surface area contributed by atoms with Gasteiger partial charge in [0.25, 0.3) is 5.91 Å². The molecule has 1 saturated heterocycles. The van der Waals surface area contributed by atoms with Crippen molar-refractivity contribution in [3.8, 4) is 11.1 Å². The van der Waals surface area contributed by atoms with Gasteiger partial charge in [0, 0.05) is 31.3 Å². The van der Waals surface area contributed by atoms with E-state index < -0.39 is 30.1 Å². The van der Waals surface area contributed by atoms with Crippen molar-refractivity contribution in [3.63, 3.8) is 0 Å². The zero-order chi connectivity index (χ0) is 24.5. The Morgan fingerprint density at radius 2 is 1.77 bits per heavy atom. The van der Waals surface area contributed by atoms with Crippen molar-refractivity contribution in [1.82, 2.24) is 20.0 Å². The van der Waals surface area contributed by atoms with Gasteiger partial charge in [-0.3, -0.25) is 9.48 Å². The van der Waals surface area contributed by atoms with E-state index in [1.807, 2.05) is 36.4 Å². The van der Waals surface area contributed by atoms with Crippen molar-refractivity contribution in [2.75, 3.05) is 13.2 Å². The van der Waals surface area contributed by atoms with Crippen LogP contribution in [-0.4, -0.2) is 57.0 Å². The van der Waals surface area contributed by atoms with Crippen molar-refractivity contribution >= 4 is 18.0 Å². The van der Waals surface area contributed by atoms with E-state index in [2.05, 4.69) is 22.5 Å². The van der Waals surface area contributed by atoms with Crippen LogP contribution in [0.3, 0.4) is 0 Å². The molecule has 9 nitrogen and oxygen atoms in total. The number of fused-ring (bicyclic) bond motifs is 3. The van der Waals surface area contributed by atoms with Crippen molar-refractivity contribution < 1.29 is 24.2 Å². The van der Waals surface area contributed by atoms with E-state index in [1.165, 1.54) is 15.8 Å². The second-order valence-electron chi connectivity index (χ2n) is 8.88. The van der Waals surface area contributed by atoms with Gasteiger partial charge in [0.2, 0.25) is 0 Å². The number of nitrogens with one attached hydrogen (secondary N) is 1. The average molecular weight is 475 g/mol. The Morgan fingerprint density at radius 1 is 1.11 bits per heavy atom. The Morgan fingerprint density at radius 3 is 2.37 bits per heavy atom. The molecule has 2 N–H and O–H groups in total. The fourth-order valence-corrected chi connectivity index (χ4v) is 5.09. The molecule has 0 spiro atoms. The first kappa shape index (κ1) is 22.6. The Kier molecular flexibility index (Phi) is 5.98. The summed E-state index contributed by atoms with van der Waals surface area (Å²) in [5.41, 5.74) is 4.87. The van der Waals surface area contributed by atoms with E-state index in [-0.39, 0.29) is 12.5 Å². The fraction of sp³-hybridized carbons (Fsp3) is 0.308. The summed E-state index contributed by atoms with van der Waals surface area (Å²) in [6.07, 6.45) is 3.33. The van der Waals surface area contributed by atoms with Crippen LogP contribution in [0.15, 0.2) is 60.9 Å². The van der Waals surface area contributed by atoms with Crippen LogP contribution in [0.5, 0.6) is 0 Å². The molecule has 1 aliphatic carbocycles. The third-order valence-electron chi connectivity index (χ3n) is 6.73. The maximum atomic E-state index is 13.3. The van der Waals surface area contributed by atoms with Crippen LogP contribution in [0.25, 0.3) is 11.1 Å². The lowest BCUT2D eigenvalue weighted by atomic mass is 9.98. The number of alkyl carbamates (subject to hydrolysis) is 1. The van der Waals surface area contributed by atoms with Crippen molar-refractivity contribution in [3.05, 3.63) is 77.6 Å². The van der Waals surface area contributed by atoms with E-state index in [1.54, 1.807) is 13.2 Å². The monoisotopic (exact) mass is 474 g/mol. The topological polar surface area (TPSA) is 114 Å². The molecular formula is C26H26N4O5. The van der Waals surface area contributed by atoms with Gasteiger partial charge >= 0.3 is 12.1 Å². The number of rotatable bonds is 6. The lowest BCUT2D eigenvalue weighted by Gasteiger charge is -2.26. The minimum absolute atomic E-state index is 0.106. The number of hydrogen-bond donors (Lipinski definition) is 2. The fourth-order valence-electron chi connectivity index (χ4n) is 5.09. The van der Waals surface area contributed by atoms with E-state index in [9.17, 15) is 19.5 Å². The van der Waals surface area contributed by atoms with Crippen LogP contribution in [0.1, 0.15) is 41.5 Å². The lowest BCUT2D eigenvalue weighted by molar-refractivity contribution is -0.149. The number of amides is 2. The molecule has 1 aromatic heterocycles. The Bertz CT molecular complexity index is 1240. The largest absolute Gasteiger partial charge is 0.480 e. The summed E-state index contributed by atoms with van der Waals surface area (Å²) in [5.74, 6) is -1.66. The second-order valence-corrected chi connectivity index (χ2v) is 8.88. The Hall–Kier alpha value is -4.14. The molecule has 2 amide bonds. The smallest absolute Gasteiger partial charge is 0.408 e. The van der Waals surface area contributed by atoms with Gasteiger partial charge in [-0.2, -0.15) is 5.10 Å². The molecule has 2 atom stereocenters. The molecule has 0 radical (unpaired) electrons. The van der Waals surface area contributed by atoms with Gasteiger partial charge in [-0.05, 0) is 35.1 Å². The third-order valence-corrected chi connectivity index (χ3v) is 6.73. The lowest BCUT2D eigenvalue weighted by Crippen LogP contribution is -2.47. The van der Waals surface area contributed by atoms with Crippen LogP contribution >= 0.6 is 0 Å². The van der Waals surface area contributed by atoms with Gasteiger partial charge in [0.05, 0.1) is 6.20 Å². The average Bonchev–Trinajstić information content (AvgIpc) is 3.58. The number of carbonyl (C=O) groups is 3. The summed E-state index contributed by atoms with van der Waals surface area (Å²) in [4.78, 5) is 39.2. The highest BCUT2D eigenvalue weighted by atomic mass is 16.5. The third kappa shape index (κ3) is 4.25. The number of carboxylic acids is 1. The molecule has 2 aliphatic rings. The number of ether oxygens (including phenoxy) is 1. The van der Waals surface area contributed by atoms with Gasteiger partial charge < -0.3 is 20.1 Å². The highest BCUT2D eigenvalue weighted by molar-refractivity contribution is 5.90. The number of carboxylic acid groups (broad SMARTS) is 1. The molecule has 0 saturated carbocycles. The molecule has 2 unspecified atom stereocenters. The minimum Gasteiger partial charge on any atom is -0.480 e. The van der Waals surface area contributed by atoms with Crippen LogP contribution in [0, 0.1) is 0 Å². The van der Waals surface area contributed by atoms with E-state index in [4.69, 9.17) is 4.74 Å². The highest BCUT2D eigenvalue weighted by Crippen LogP contribution is 2.44. The predicted molar refractivity (Wildman–Crippen MR) is 127 cm³/mol. The van der Waals surface area contributed by atoms with Gasteiger partial charge in [-0.15, -0.1) is 0 Å². The number of benzene rings is 2. The Labute approximate surface area is 202 Å². The molecule has 2 heterocycles. The summed E-state index contributed by atoms with van der Waals surface area (Å²) < 4.78 is 7.14. The number of carbonyl (C=O) groups excluding carboxylic acids is 2. The molecule has 9 heteroatoms. The maximum Gasteiger partial charge on any atom is 0.408 e. The van der Waals surface area contributed by atoms with Crippen molar-refractivity contribution in [2.45, 2.75) is 30.8 Å². The summed E-state index contributed by atoms with van der Waals surface area (Å²) >= 11 is 0. The first-order chi connectivity index (χ1) is 16.9. The van der Waals surface area contributed by atoms with Crippen LogP contribution in [-0.2, 0) is 21.4 Å². The zero-order valence-electron chi connectivity index (χ0n) is 19.3. The van der Waals surface area contributed by atoms with E-state index in [0.717, 1.165) is 22.3 Å². The highest BCUT2D eigenvalue weighted by Gasteiger charge is 2.39. The standard InChI is InChI=1S/C26H26N4O5/c1-29-14-16(13-27-29)23(24(31)30-12-6-11-22(30)25(32)33)28-26(34)35-15-21-19-9-4-2-7-17(19)18-8-3-5-10-20(18)21/h2-5,7-10,13-14,21-23H,6,11-12,15H2,1H3,(H,28,34)(H,32,33). The molecule has 1 aliphatic heterocycles. The maximum absolute atomic E-state index is 13.3. The molecular weight excluding hydrogens is 448 g/mol. The number of aromatic nitrogens is 2. The number of aliphatic carboxylic acids is 1. The number of nitrogens with zero attached hydrogens (tertiary/aromatic N) is 3. The van der Waals surface area contributed by atoms with Gasteiger partial charge in [0.15, 0.2) is 0 Å². The zero-order valence-corrected chi connectivity index (χ0v) is 19.3. The first-order valence-electron chi connectivity index (χ1n) is 11.6. The number of hydrogen-bond acceptors (Lipinski definition) is 5. The van der Waals surface area contributed by atoms with Gasteiger partial charge in [-0.25, -0.2) is 9.59 Å². The molecule has 180 valence electrons. The molecule has 3 aromatic rings. The summed E-state index contributed by atoms with van der Waals surface area (Å²) in [6, 6.07) is 14.1. The van der Waals surface area contributed by atoms with E-state index >= 15 is 0 Å². The number of aryl methyl sites for hydroxylation is 1. The quantitative estimate of drug-likeness (QED) is 0.568. The molecule has 0 bridgehead atoms. The van der Waals surface area contributed by atoms with Crippen LogP contribution in [0.2, 0.25) is 0 Å². The van der Waals surface area contributed by atoms with Crippen molar-refractivity contribution in [1.29, 1.82) is 0 Å². The minimum atomic E-state index is -1.10. The van der Waals surface area contributed by atoms with Crippen LogP contribution < -0.4 is 5.32 Å². The molecule has 1 fully saturated rings. The van der Waals surface area contributed by atoms with Crippen molar-refractivity contribution in [2.24, 2.45) is 7.05 Å². The van der Waals surface area contributed by atoms with Gasteiger partial charge in [-0.1, -0.05) is 48.5 Å². The second kappa shape index (κ2) is 9.25. The normalized spacial score (nSPS) is 17.5. The predicted octanol–water partition coefficient (Wildman–Crippen LogP) is 3.08. The molecule has 5 rings (SSSR count). The SMILES string of the molecule is Cn1cc(C(NC(=O)OCC2c3ccccc3-c3ccccc32)C(=O)N2CCCC2C(=O)O)cn1. The summed E-state index contributed by atoms with van der Waals surface area (Å²) in [7, 11) is 1.70. The van der Waals surface area contributed by atoms with Crippen LogP contribution in [0.4, 0.5) is 4.79 Å². The number of likely N-dealkylation sites (tertiary alicyclic amines) is 1. The Balaban J connectivity index is 1.33. The molecule has 2 aromatic carbocycles. The summed E-state index contributed by atoms with van der Waals surface area (Å²) in [5, 5.41) is 16.3. The summed E-state index contributed by atoms with van der Waals surface area (Å²) in [6.45, 7) is 0.425. The first-order valence-corrected chi connectivity index (χ1v) is 11.6. The van der Waals surface area contributed by atoms with E-state index in [0.29, 0.717) is 24.9 Å². The van der Waals surface area contributed by atoms with Gasteiger partial charge in [0.1, 0.15) is 18.7 Å².